The van der Waals surface area contributed by atoms with Crippen molar-refractivity contribution in [2.24, 2.45) is 11.7 Å². The molecule has 1 amide bonds. The molecule has 23 heavy (non-hydrogen) atoms. The summed E-state index contributed by atoms with van der Waals surface area (Å²) in [5, 5.41) is 10.5. The van der Waals surface area contributed by atoms with Gasteiger partial charge >= 0.3 is 0 Å². The third kappa shape index (κ3) is 2.85. The molecule has 2 heterocycles. The SMILES string of the molecule is Cc1cc(C)c2ncc(C#N)c(N3CCC(CC(N)=O)C3)c2c1. The monoisotopic (exact) mass is 308 g/mol. The van der Waals surface area contributed by atoms with Gasteiger partial charge in [0.15, 0.2) is 0 Å². The number of nitrogens with two attached hydrogens (primary N) is 1. The van der Waals surface area contributed by atoms with Crippen LogP contribution in [-0.2, 0) is 4.79 Å². The molecule has 1 unspecified atom stereocenters. The number of hydrogen-bond acceptors (Lipinski definition) is 4. The Morgan fingerprint density at radius 1 is 1.48 bits per heavy atom. The van der Waals surface area contributed by atoms with Crippen LogP contribution in [-0.4, -0.2) is 24.0 Å². The molecule has 1 atom stereocenters. The molecule has 0 bridgehead atoms. The first-order valence-corrected chi connectivity index (χ1v) is 7.83. The van der Waals surface area contributed by atoms with Gasteiger partial charge in [-0.15, -0.1) is 0 Å². The number of anilines is 1. The first-order valence-electron chi connectivity index (χ1n) is 7.83. The molecule has 0 spiro atoms. The lowest BCUT2D eigenvalue weighted by Crippen LogP contribution is -2.23. The molecule has 0 radical (unpaired) electrons. The number of carbonyl (C=O) groups excluding carboxylic acids is 1. The van der Waals surface area contributed by atoms with Crippen LogP contribution in [0.15, 0.2) is 18.3 Å². The minimum atomic E-state index is -0.261. The molecule has 1 aromatic heterocycles. The Bertz CT molecular complexity index is 822. The Morgan fingerprint density at radius 3 is 2.96 bits per heavy atom. The predicted molar refractivity (Wildman–Crippen MR) is 90.1 cm³/mol. The minimum absolute atomic E-state index is 0.258. The van der Waals surface area contributed by atoms with Gasteiger partial charge in [-0.25, -0.2) is 0 Å². The molecule has 1 saturated heterocycles. The number of primary amides is 1. The number of nitriles is 1. The van der Waals surface area contributed by atoms with Crippen LogP contribution in [0.25, 0.3) is 10.9 Å². The zero-order chi connectivity index (χ0) is 16.6. The lowest BCUT2D eigenvalue weighted by molar-refractivity contribution is -0.118. The molecule has 5 heteroatoms. The molecule has 1 aliphatic heterocycles. The summed E-state index contributed by atoms with van der Waals surface area (Å²) in [4.78, 5) is 17.8. The van der Waals surface area contributed by atoms with E-state index in [9.17, 15) is 10.1 Å². The van der Waals surface area contributed by atoms with Crippen LogP contribution in [0.4, 0.5) is 5.69 Å². The van der Waals surface area contributed by atoms with Crippen LogP contribution in [0, 0.1) is 31.1 Å². The van der Waals surface area contributed by atoms with Crippen molar-refractivity contribution in [3.8, 4) is 6.07 Å². The normalized spacial score (nSPS) is 17.4. The predicted octanol–water partition coefficient (Wildman–Crippen LogP) is 2.43. The third-order valence-electron chi connectivity index (χ3n) is 4.49. The number of rotatable bonds is 3. The van der Waals surface area contributed by atoms with Crippen molar-refractivity contribution in [1.29, 1.82) is 5.26 Å². The van der Waals surface area contributed by atoms with Gasteiger partial charge in [0.25, 0.3) is 0 Å². The van der Waals surface area contributed by atoms with Crippen molar-refractivity contribution < 1.29 is 4.79 Å². The Morgan fingerprint density at radius 2 is 2.26 bits per heavy atom. The summed E-state index contributed by atoms with van der Waals surface area (Å²) in [5.41, 5.74) is 10.0. The van der Waals surface area contributed by atoms with Gasteiger partial charge in [0, 0.05) is 31.1 Å². The number of carbonyl (C=O) groups is 1. The second-order valence-corrected chi connectivity index (χ2v) is 6.38. The minimum Gasteiger partial charge on any atom is -0.370 e. The fourth-order valence-electron chi connectivity index (χ4n) is 3.56. The lowest BCUT2D eigenvalue weighted by atomic mass is 10.0. The second kappa shape index (κ2) is 5.88. The summed E-state index contributed by atoms with van der Waals surface area (Å²) in [7, 11) is 0. The molecule has 3 rings (SSSR count). The summed E-state index contributed by atoms with van der Waals surface area (Å²) in [5.74, 6) is -0.00297. The Balaban J connectivity index is 2.09. The number of benzene rings is 1. The number of aryl methyl sites for hydroxylation is 2. The summed E-state index contributed by atoms with van der Waals surface area (Å²) in [6.45, 7) is 5.68. The number of fused-ring (bicyclic) bond motifs is 1. The zero-order valence-corrected chi connectivity index (χ0v) is 13.5. The average Bonchev–Trinajstić information content (AvgIpc) is 2.93. The van der Waals surface area contributed by atoms with Crippen molar-refractivity contribution in [3.05, 3.63) is 35.0 Å². The molecular formula is C18H20N4O. The molecule has 0 saturated carbocycles. The Hall–Kier alpha value is -2.61. The highest BCUT2D eigenvalue weighted by Gasteiger charge is 2.27. The van der Waals surface area contributed by atoms with Gasteiger partial charge in [-0.3, -0.25) is 9.78 Å². The van der Waals surface area contributed by atoms with Crippen LogP contribution in [0.3, 0.4) is 0 Å². The second-order valence-electron chi connectivity index (χ2n) is 6.38. The smallest absolute Gasteiger partial charge is 0.217 e. The molecule has 2 aromatic rings. The van der Waals surface area contributed by atoms with E-state index in [1.807, 2.05) is 6.92 Å². The molecule has 2 N–H and O–H groups in total. The maximum absolute atomic E-state index is 11.2. The zero-order valence-electron chi connectivity index (χ0n) is 13.5. The molecule has 1 fully saturated rings. The van der Waals surface area contributed by atoms with Crippen LogP contribution in [0.5, 0.6) is 0 Å². The number of amides is 1. The first-order chi connectivity index (χ1) is 11.0. The van der Waals surface area contributed by atoms with Gasteiger partial charge in [-0.1, -0.05) is 11.6 Å². The number of nitrogens with zero attached hydrogens (tertiary/aromatic N) is 3. The molecular weight excluding hydrogens is 288 g/mol. The third-order valence-corrected chi connectivity index (χ3v) is 4.49. The number of pyridine rings is 1. The molecule has 0 aliphatic carbocycles. The Labute approximate surface area is 135 Å². The van der Waals surface area contributed by atoms with Crippen LogP contribution < -0.4 is 10.6 Å². The molecule has 1 aromatic carbocycles. The van der Waals surface area contributed by atoms with Crippen LogP contribution >= 0.6 is 0 Å². The summed E-state index contributed by atoms with van der Waals surface area (Å²) in [6, 6.07) is 6.46. The quantitative estimate of drug-likeness (QED) is 0.944. The van der Waals surface area contributed by atoms with E-state index in [0.29, 0.717) is 12.0 Å². The van der Waals surface area contributed by atoms with Crippen LogP contribution in [0.2, 0.25) is 0 Å². The summed E-state index contributed by atoms with van der Waals surface area (Å²) < 4.78 is 0. The van der Waals surface area contributed by atoms with E-state index < -0.39 is 0 Å². The van der Waals surface area contributed by atoms with Gasteiger partial charge in [-0.2, -0.15) is 5.26 Å². The Kier molecular flexibility index (Phi) is 3.91. The van der Waals surface area contributed by atoms with Crippen molar-refractivity contribution in [1.82, 2.24) is 4.98 Å². The average molecular weight is 308 g/mol. The topological polar surface area (TPSA) is 83.0 Å². The molecule has 118 valence electrons. The highest BCUT2D eigenvalue weighted by molar-refractivity contribution is 5.96. The van der Waals surface area contributed by atoms with Crippen molar-refractivity contribution in [2.75, 3.05) is 18.0 Å². The number of aromatic nitrogens is 1. The van der Waals surface area contributed by atoms with Gasteiger partial charge in [-0.05, 0) is 37.8 Å². The van der Waals surface area contributed by atoms with E-state index in [2.05, 4.69) is 35.0 Å². The number of hydrogen-bond donors (Lipinski definition) is 1. The van der Waals surface area contributed by atoms with E-state index in [4.69, 9.17) is 5.73 Å². The fourth-order valence-corrected chi connectivity index (χ4v) is 3.56. The van der Waals surface area contributed by atoms with Gasteiger partial charge in [0.05, 0.1) is 16.8 Å². The summed E-state index contributed by atoms with van der Waals surface area (Å²) >= 11 is 0. The highest BCUT2D eigenvalue weighted by atomic mass is 16.1. The largest absolute Gasteiger partial charge is 0.370 e. The van der Waals surface area contributed by atoms with Gasteiger partial charge in [0.1, 0.15) is 6.07 Å². The lowest BCUT2D eigenvalue weighted by Gasteiger charge is -2.22. The van der Waals surface area contributed by atoms with Crippen molar-refractivity contribution >= 4 is 22.5 Å². The van der Waals surface area contributed by atoms with Crippen molar-refractivity contribution in [3.63, 3.8) is 0 Å². The van der Waals surface area contributed by atoms with Crippen LogP contribution in [0.1, 0.15) is 29.5 Å². The van der Waals surface area contributed by atoms with E-state index >= 15 is 0 Å². The van der Waals surface area contributed by atoms with E-state index in [-0.39, 0.29) is 11.8 Å². The van der Waals surface area contributed by atoms with Gasteiger partial charge < -0.3 is 10.6 Å². The van der Waals surface area contributed by atoms with Crippen molar-refractivity contribution in [2.45, 2.75) is 26.7 Å². The fraction of sp³-hybridized carbons (Fsp3) is 0.389. The first kappa shape index (κ1) is 15.3. The van der Waals surface area contributed by atoms with Gasteiger partial charge in [0.2, 0.25) is 5.91 Å². The maximum Gasteiger partial charge on any atom is 0.217 e. The van der Waals surface area contributed by atoms with E-state index in [1.165, 1.54) is 0 Å². The maximum atomic E-state index is 11.2. The highest BCUT2D eigenvalue weighted by Crippen LogP contribution is 2.35. The van der Waals surface area contributed by atoms with E-state index in [0.717, 1.165) is 47.2 Å². The standard InChI is InChI=1S/C18H20N4O/c1-11-5-12(2)17-15(6-11)18(14(8-19)9-21-17)22-4-3-13(10-22)7-16(20)23/h5-6,9,13H,3-4,7,10H2,1-2H3,(H2,20,23). The molecule has 5 nitrogen and oxygen atoms in total. The summed E-state index contributed by atoms with van der Waals surface area (Å²) in [6.07, 6.45) is 2.98. The van der Waals surface area contributed by atoms with E-state index in [1.54, 1.807) is 6.20 Å². The molecule has 1 aliphatic rings.